The first-order chi connectivity index (χ1) is 9.13. The van der Waals surface area contributed by atoms with Gasteiger partial charge < -0.3 is 5.32 Å². The molecule has 19 heavy (non-hydrogen) atoms. The average molecular weight is 341 g/mol. The number of hydrogen-bond acceptors (Lipinski definition) is 1. The van der Waals surface area contributed by atoms with Crippen LogP contribution in [0.15, 0.2) is 40.9 Å². The van der Waals surface area contributed by atoms with E-state index in [1.165, 1.54) is 17.2 Å². The summed E-state index contributed by atoms with van der Waals surface area (Å²) in [5.41, 5.74) is 3.02. The second kappa shape index (κ2) is 5.14. The van der Waals surface area contributed by atoms with Gasteiger partial charge in [0.1, 0.15) is 5.82 Å². The quantitative estimate of drug-likeness (QED) is 0.778. The molecule has 1 atom stereocenters. The molecule has 0 bridgehead atoms. The first kappa shape index (κ1) is 12.9. The lowest BCUT2D eigenvalue weighted by Gasteiger charge is -2.16. The monoisotopic (exact) mass is 339 g/mol. The summed E-state index contributed by atoms with van der Waals surface area (Å²) in [5, 5.41) is 3.79. The zero-order valence-corrected chi connectivity index (χ0v) is 12.4. The molecule has 1 aliphatic rings. The van der Waals surface area contributed by atoms with E-state index in [0.29, 0.717) is 10.7 Å². The molecule has 0 aliphatic heterocycles. The number of halogens is 3. The molecule has 0 heterocycles. The van der Waals surface area contributed by atoms with E-state index in [-0.39, 0.29) is 11.9 Å². The van der Waals surface area contributed by atoms with Crippen LogP contribution in [0.4, 0.5) is 10.1 Å². The van der Waals surface area contributed by atoms with Crippen molar-refractivity contribution in [2.45, 2.75) is 18.9 Å². The number of rotatable bonds is 2. The van der Waals surface area contributed by atoms with Crippen LogP contribution >= 0.6 is 27.5 Å². The summed E-state index contributed by atoms with van der Waals surface area (Å²) in [6.45, 7) is 0. The minimum atomic E-state index is -0.269. The summed E-state index contributed by atoms with van der Waals surface area (Å²) in [6, 6.07) is 11.0. The minimum absolute atomic E-state index is 0.149. The molecule has 1 unspecified atom stereocenters. The van der Waals surface area contributed by atoms with E-state index in [0.717, 1.165) is 17.3 Å². The summed E-state index contributed by atoms with van der Waals surface area (Å²) in [4.78, 5) is 0. The molecule has 0 fully saturated rings. The molecule has 0 aromatic heterocycles. The Bertz CT molecular complexity index is 630. The van der Waals surface area contributed by atoms with Crippen LogP contribution in [0.3, 0.4) is 0 Å². The lowest BCUT2D eigenvalue weighted by molar-refractivity contribution is 0.625. The van der Waals surface area contributed by atoms with E-state index in [9.17, 15) is 4.39 Å². The molecule has 98 valence electrons. The smallest absolute Gasteiger partial charge is 0.146 e. The maximum absolute atomic E-state index is 13.7. The van der Waals surface area contributed by atoms with Crippen molar-refractivity contribution < 1.29 is 4.39 Å². The molecule has 0 saturated carbocycles. The topological polar surface area (TPSA) is 12.0 Å². The van der Waals surface area contributed by atoms with Gasteiger partial charge in [0.05, 0.1) is 11.7 Å². The van der Waals surface area contributed by atoms with Crippen molar-refractivity contribution in [3.05, 3.63) is 62.8 Å². The van der Waals surface area contributed by atoms with Gasteiger partial charge in [0.25, 0.3) is 0 Å². The van der Waals surface area contributed by atoms with Gasteiger partial charge in [-0.25, -0.2) is 4.39 Å². The van der Waals surface area contributed by atoms with E-state index in [2.05, 4.69) is 33.4 Å². The summed E-state index contributed by atoms with van der Waals surface area (Å²) in [6.07, 6.45) is 1.98. The van der Waals surface area contributed by atoms with Gasteiger partial charge in [-0.2, -0.15) is 0 Å². The number of nitrogens with one attached hydrogen (secondary N) is 1. The predicted octanol–water partition coefficient (Wildman–Crippen LogP) is 5.34. The lowest BCUT2D eigenvalue weighted by Crippen LogP contribution is -2.08. The van der Waals surface area contributed by atoms with Crippen LogP contribution in [-0.2, 0) is 6.42 Å². The zero-order chi connectivity index (χ0) is 13.4. The Morgan fingerprint density at radius 3 is 2.89 bits per heavy atom. The van der Waals surface area contributed by atoms with Gasteiger partial charge in [0.2, 0.25) is 0 Å². The van der Waals surface area contributed by atoms with Gasteiger partial charge >= 0.3 is 0 Å². The van der Waals surface area contributed by atoms with Crippen LogP contribution in [0.25, 0.3) is 0 Å². The van der Waals surface area contributed by atoms with E-state index in [4.69, 9.17) is 11.6 Å². The molecule has 3 rings (SSSR count). The fourth-order valence-electron chi connectivity index (χ4n) is 2.53. The number of anilines is 1. The molecule has 2 aromatic rings. The van der Waals surface area contributed by atoms with Gasteiger partial charge in [-0.1, -0.05) is 33.6 Å². The predicted molar refractivity (Wildman–Crippen MR) is 80.2 cm³/mol. The number of benzene rings is 2. The fourth-order valence-corrected chi connectivity index (χ4v) is 3.11. The SMILES string of the molecule is Fc1ccc(Cl)cc1NC1CCc2cc(Br)ccc21. The van der Waals surface area contributed by atoms with Gasteiger partial charge in [0, 0.05) is 9.50 Å². The third-order valence-corrected chi connectivity index (χ3v) is 4.17. The van der Waals surface area contributed by atoms with E-state index >= 15 is 0 Å². The third-order valence-electron chi connectivity index (χ3n) is 3.44. The molecule has 1 nitrogen and oxygen atoms in total. The second-order valence-electron chi connectivity index (χ2n) is 4.70. The highest BCUT2D eigenvalue weighted by molar-refractivity contribution is 9.10. The first-order valence-corrected chi connectivity index (χ1v) is 7.30. The maximum Gasteiger partial charge on any atom is 0.146 e. The Hall–Kier alpha value is -1.06. The standard InChI is InChI=1S/C15H12BrClFN/c16-10-2-4-12-9(7-10)1-6-14(12)19-15-8-11(17)3-5-13(15)18/h2-5,7-8,14,19H,1,6H2. The molecule has 0 spiro atoms. The van der Waals surface area contributed by atoms with Crippen molar-refractivity contribution in [3.8, 4) is 0 Å². The number of hydrogen-bond donors (Lipinski definition) is 1. The normalized spacial score (nSPS) is 17.3. The summed E-state index contributed by atoms with van der Waals surface area (Å²) in [5.74, 6) is -0.269. The Kier molecular flexibility index (Phi) is 3.50. The fraction of sp³-hybridized carbons (Fsp3) is 0.200. The van der Waals surface area contributed by atoms with Gasteiger partial charge in [-0.3, -0.25) is 0 Å². The van der Waals surface area contributed by atoms with Crippen LogP contribution in [0.2, 0.25) is 5.02 Å². The second-order valence-corrected chi connectivity index (χ2v) is 6.06. The first-order valence-electron chi connectivity index (χ1n) is 6.13. The third kappa shape index (κ3) is 2.63. The van der Waals surface area contributed by atoms with Crippen molar-refractivity contribution in [1.82, 2.24) is 0 Å². The molecule has 0 radical (unpaired) electrons. The Morgan fingerprint density at radius 2 is 2.05 bits per heavy atom. The van der Waals surface area contributed by atoms with Gasteiger partial charge in [0.15, 0.2) is 0 Å². The van der Waals surface area contributed by atoms with Crippen molar-refractivity contribution in [3.63, 3.8) is 0 Å². The van der Waals surface area contributed by atoms with E-state index < -0.39 is 0 Å². The van der Waals surface area contributed by atoms with Crippen molar-refractivity contribution in [2.75, 3.05) is 5.32 Å². The van der Waals surface area contributed by atoms with E-state index in [1.807, 2.05) is 6.07 Å². The van der Waals surface area contributed by atoms with Crippen molar-refractivity contribution in [2.24, 2.45) is 0 Å². The van der Waals surface area contributed by atoms with Crippen LogP contribution in [0, 0.1) is 5.82 Å². The Balaban J connectivity index is 1.88. The number of fused-ring (bicyclic) bond motifs is 1. The molecule has 1 aliphatic carbocycles. The largest absolute Gasteiger partial charge is 0.376 e. The molecule has 4 heteroatoms. The average Bonchev–Trinajstić information content (AvgIpc) is 2.76. The molecule has 1 N–H and O–H groups in total. The highest BCUT2D eigenvalue weighted by Gasteiger charge is 2.23. The Morgan fingerprint density at radius 1 is 1.21 bits per heavy atom. The van der Waals surface area contributed by atoms with Crippen LogP contribution < -0.4 is 5.32 Å². The summed E-state index contributed by atoms with van der Waals surface area (Å²) >= 11 is 9.39. The minimum Gasteiger partial charge on any atom is -0.376 e. The highest BCUT2D eigenvalue weighted by atomic mass is 79.9. The van der Waals surface area contributed by atoms with Gasteiger partial charge in [-0.05, 0) is 54.3 Å². The molecule has 2 aromatic carbocycles. The molecular weight excluding hydrogens is 329 g/mol. The van der Waals surface area contributed by atoms with Crippen LogP contribution in [-0.4, -0.2) is 0 Å². The molecule has 0 saturated heterocycles. The van der Waals surface area contributed by atoms with Crippen LogP contribution in [0.5, 0.6) is 0 Å². The zero-order valence-electron chi connectivity index (χ0n) is 10.1. The van der Waals surface area contributed by atoms with Gasteiger partial charge in [-0.15, -0.1) is 0 Å². The summed E-state index contributed by atoms with van der Waals surface area (Å²) in [7, 11) is 0. The molecular formula is C15H12BrClFN. The Labute approximate surface area is 124 Å². The highest BCUT2D eigenvalue weighted by Crippen LogP contribution is 2.36. The summed E-state index contributed by atoms with van der Waals surface area (Å²) < 4.78 is 14.8. The van der Waals surface area contributed by atoms with E-state index in [1.54, 1.807) is 12.1 Å². The molecule has 0 amide bonds. The van der Waals surface area contributed by atoms with Crippen molar-refractivity contribution >= 4 is 33.2 Å². The van der Waals surface area contributed by atoms with Crippen molar-refractivity contribution in [1.29, 1.82) is 0 Å². The maximum atomic E-state index is 13.7. The number of aryl methyl sites for hydroxylation is 1. The lowest BCUT2D eigenvalue weighted by atomic mass is 10.1. The van der Waals surface area contributed by atoms with Crippen LogP contribution in [0.1, 0.15) is 23.6 Å².